The van der Waals surface area contributed by atoms with Crippen LogP contribution in [-0.2, 0) is 6.42 Å². The molecule has 0 aromatic heterocycles. The molecular formula is C16H12N2O3. The van der Waals surface area contributed by atoms with Crippen molar-refractivity contribution in [2.75, 3.05) is 7.11 Å². The van der Waals surface area contributed by atoms with Crippen molar-refractivity contribution in [3.8, 4) is 22.9 Å². The number of non-ortho nitro benzene ring substituents is 1. The molecule has 0 N–H and O–H groups in total. The minimum absolute atomic E-state index is 0.0578. The summed E-state index contributed by atoms with van der Waals surface area (Å²) in [4.78, 5) is 10.5. The first-order chi connectivity index (χ1) is 10.1. The van der Waals surface area contributed by atoms with Gasteiger partial charge in [0.1, 0.15) is 5.75 Å². The standard InChI is InChI=1S/C16H12N2O3/c1-21-13-3-5-15-14-4-2-12(18(19)20)7-10(14)6-11(9-17)16(15)8-13/h2-5,7-8,11H,6H2,1H3. The van der Waals surface area contributed by atoms with Gasteiger partial charge in [0.05, 0.1) is 24.0 Å². The molecule has 2 aromatic rings. The number of ether oxygens (including phenoxy) is 1. The van der Waals surface area contributed by atoms with E-state index in [9.17, 15) is 15.4 Å². The van der Waals surface area contributed by atoms with Gasteiger partial charge < -0.3 is 4.74 Å². The maximum absolute atomic E-state index is 10.9. The van der Waals surface area contributed by atoms with E-state index < -0.39 is 4.92 Å². The predicted octanol–water partition coefficient (Wildman–Crippen LogP) is 3.43. The molecule has 0 spiro atoms. The number of rotatable bonds is 2. The zero-order chi connectivity index (χ0) is 15.0. The summed E-state index contributed by atoms with van der Waals surface area (Å²) < 4.78 is 5.21. The topological polar surface area (TPSA) is 76.2 Å². The Hall–Kier alpha value is -2.87. The molecule has 0 heterocycles. The zero-order valence-electron chi connectivity index (χ0n) is 11.4. The van der Waals surface area contributed by atoms with Crippen LogP contribution in [0, 0.1) is 21.4 Å². The summed E-state index contributed by atoms with van der Waals surface area (Å²) in [6, 6.07) is 12.7. The first-order valence-electron chi connectivity index (χ1n) is 6.49. The van der Waals surface area contributed by atoms with E-state index in [1.54, 1.807) is 19.2 Å². The lowest BCUT2D eigenvalue weighted by atomic mass is 9.79. The summed E-state index contributed by atoms with van der Waals surface area (Å²) in [5.41, 5.74) is 3.71. The van der Waals surface area contributed by atoms with Crippen LogP contribution in [0.3, 0.4) is 0 Å². The highest BCUT2D eigenvalue weighted by Gasteiger charge is 2.26. The van der Waals surface area contributed by atoms with Gasteiger partial charge in [0, 0.05) is 12.1 Å². The molecule has 0 bridgehead atoms. The molecule has 104 valence electrons. The van der Waals surface area contributed by atoms with Gasteiger partial charge in [-0.1, -0.05) is 6.07 Å². The molecule has 0 aliphatic heterocycles. The third kappa shape index (κ3) is 2.11. The van der Waals surface area contributed by atoms with E-state index in [1.165, 1.54) is 6.07 Å². The van der Waals surface area contributed by atoms with E-state index >= 15 is 0 Å². The van der Waals surface area contributed by atoms with Gasteiger partial charge in [-0.3, -0.25) is 10.1 Å². The van der Waals surface area contributed by atoms with Crippen LogP contribution in [0.25, 0.3) is 11.1 Å². The van der Waals surface area contributed by atoms with Gasteiger partial charge in [-0.05, 0) is 46.9 Å². The average Bonchev–Trinajstić information content (AvgIpc) is 2.52. The largest absolute Gasteiger partial charge is 0.497 e. The number of hydrogen-bond donors (Lipinski definition) is 0. The molecule has 2 aromatic carbocycles. The number of nitrogens with zero attached hydrogens (tertiary/aromatic N) is 2. The minimum atomic E-state index is -0.412. The van der Waals surface area contributed by atoms with E-state index in [0.717, 1.165) is 22.3 Å². The van der Waals surface area contributed by atoms with Crippen molar-refractivity contribution in [1.82, 2.24) is 0 Å². The van der Waals surface area contributed by atoms with Crippen molar-refractivity contribution in [3.05, 3.63) is 57.6 Å². The Balaban J connectivity index is 2.20. The van der Waals surface area contributed by atoms with Gasteiger partial charge >= 0.3 is 0 Å². The average molecular weight is 280 g/mol. The second-order valence-electron chi connectivity index (χ2n) is 4.94. The van der Waals surface area contributed by atoms with Crippen molar-refractivity contribution in [2.24, 2.45) is 0 Å². The van der Waals surface area contributed by atoms with Gasteiger partial charge in [0.2, 0.25) is 0 Å². The van der Waals surface area contributed by atoms with Crippen LogP contribution < -0.4 is 4.74 Å². The minimum Gasteiger partial charge on any atom is -0.497 e. The van der Waals surface area contributed by atoms with Gasteiger partial charge in [0.15, 0.2) is 0 Å². The third-order valence-electron chi connectivity index (χ3n) is 3.80. The van der Waals surface area contributed by atoms with Crippen LogP contribution in [0.2, 0.25) is 0 Å². The molecule has 0 radical (unpaired) electrons. The number of nitriles is 1. The molecule has 5 nitrogen and oxygen atoms in total. The summed E-state index contributed by atoms with van der Waals surface area (Å²) in [6.45, 7) is 0. The fourth-order valence-corrected chi connectivity index (χ4v) is 2.77. The van der Waals surface area contributed by atoms with Gasteiger partial charge in [-0.2, -0.15) is 5.26 Å². The molecule has 3 rings (SSSR count). The second-order valence-corrected chi connectivity index (χ2v) is 4.94. The van der Waals surface area contributed by atoms with E-state index in [-0.39, 0.29) is 11.6 Å². The van der Waals surface area contributed by atoms with Crippen LogP contribution in [0.1, 0.15) is 17.0 Å². The highest BCUT2D eigenvalue weighted by Crippen LogP contribution is 2.42. The lowest BCUT2D eigenvalue weighted by molar-refractivity contribution is -0.384. The Kier molecular flexibility index (Phi) is 3.07. The number of methoxy groups -OCH3 is 1. The molecular weight excluding hydrogens is 268 g/mol. The van der Waals surface area contributed by atoms with Crippen molar-refractivity contribution in [3.63, 3.8) is 0 Å². The van der Waals surface area contributed by atoms with Crippen molar-refractivity contribution in [1.29, 1.82) is 5.26 Å². The normalized spacial score (nSPS) is 15.5. The molecule has 1 unspecified atom stereocenters. The fourth-order valence-electron chi connectivity index (χ4n) is 2.77. The van der Waals surface area contributed by atoms with Crippen LogP contribution in [0.5, 0.6) is 5.75 Å². The Morgan fingerprint density at radius 3 is 2.71 bits per heavy atom. The Bertz CT molecular complexity index is 778. The summed E-state index contributed by atoms with van der Waals surface area (Å²) in [5, 5.41) is 20.3. The number of fused-ring (bicyclic) bond motifs is 3. The van der Waals surface area contributed by atoms with Crippen molar-refractivity contribution >= 4 is 5.69 Å². The van der Waals surface area contributed by atoms with Crippen molar-refractivity contribution in [2.45, 2.75) is 12.3 Å². The zero-order valence-corrected chi connectivity index (χ0v) is 11.4. The van der Waals surface area contributed by atoms with E-state index in [4.69, 9.17) is 4.74 Å². The van der Waals surface area contributed by atoms with Gasteiger partial charge in [-0.15, -0.1) is 0 Å². The van der Waals surface area contributed by atoms with Crippen LogP contribution in [-0.4, -0.2) is 12.0 Å². The van der Waals surface area contributed by atoms with Crippen LogP contribution in [0.15, 0.2) is 36.4 Å². The molecule has 0 saturated carbocycles. The number of nitro benzene ring substituents is 1. The van der Waals surface area contributed by atoms with Gasteiger partial charge in [0.25, 0.3) is 5.69 Å². The van der Waals surface area contributed by atoms with E-state index in [1.807, 2.05) is 18.2 Å². The summed E-state index contributed by atoms with van der Waals surface area (Å²) in [5.74, 6) is 0.393. The third-order valence-corrected chi connectivity index (χ3v) is 3.80. The molecule has 21 heavy (non-hydrogen) atoms. The highest BCUT2D eigenvalue weighted by atomic mass is 16.6. The lowest BCUT2D eigenvalue weighted by Gasteiger charge is -2.24. The first kappa shape index (κ1) is 13.1. The number of nitro groups is 1. The summed E-state index contributed by atoms with van der Waals surface area (Å²) >= 11 is 0. The molecule has 1 atom stereocenters. The Morgan fingerprint density at radius 1 is 1.29 bits per heavy atom. The summed E-state index contributed by atoms with van der Waals surface area (Å²) in [6.07, 6.45) is 0.480. The Morgan fingerprint density at radius 2 is 2.05 bits per heavy atom. The lowest BCUT2D eigenvalue weighted by Crippen LogP contribution is -2.10. The maximum Gasteiger partial charge on any atom is 0.269 e. The quantitative estimate of drug-likeness (QED) is 0.623. The SMILES string of the molecule is COc1ccc2c(c1)C(C#N)Cc1cc([N+](=O)[O-])ccc1-2. The van der Waals surface area contributed by atoms with E-state index in [0.29, 0.717) is 12.2 Å². The molecule has 5 heteroatoms. The molecule has 0 fully saturated rings. The maximum atomic E-state index is 10.9. The predicted molar refractivity (Wildman–Crippen MR) is 77.1 cm³/mol. The molecule has 0 saturated heterocycles. The second kappa shape index (κ2) is 4.91. The Labute approximate surface area is 121 Å². The number of hydrogen-bond acceptors (Lipinski definition) is 4. The van der Waals surface area contributed by atoms with Crippen LogP contribution in [0.4, 0.5) is 5.69 Å². The van der Waals surface area contributed by atoms with E-state index in [2.05, 4.69) is 6.07 Å². The van der Waals surface area contributed by atoms with Crippen LogP contribution >= 0.6 is 0 Å². The monoisotopic (exact) mass is 280 g/mol. The highest BCUT2D eigenvalue weighted by molar-refractivity contribution is 5.76. The van der Waals surface area contributed by atoms with Gasteiger partial charge in [-0.25, -0.2) is 0 Å². The first-order valence-corrected chi connectivity index (χ1v) is 6.49. The molecule has 0 amide bonds. The summed E-state index contributed by atoms with van der Waals surface area (Å²) in [7, 11) is 1.59. The molecule has 1 aliphatic carbocycles. The number of benzene rings is 2. The smallest absolute Gasteiger partial charge is 0.269 e. The fraction of sp³-hybridized carbons (Fsp3) is 0.188. The molecule has 1 aliphatic rings. The van der Waals surface area contributed by atoms with Crippen molar-refractivity contribution < 1.29 is 9.66 Å².